The van der Waals surface area contributed by atoms with E-state index in [4.69, 9.17) is 4.74 Å². The Morgan fingerprint density at radius 2 is 1.56 bits per heavy atom. The summed E-state index contributed by atoms with van der Waals surface area (Å²) in [6.07, 6.45) is 0. The van der Waals surface area contributed by atoms with Crippen LogP contribution in [-0.4, -0.2) is 15.5 Å². The maximum absolute atomic E-state index is 12.8. The third-order valence-electron chi connectivity index (χ3n) is 4.26. The quantitative estimate of drug-likeness (QED) is 0.412. The van der Waals surface area contributed by atoms with E-state index in [1.54, 1.807) is 61.5 Å². The van der Waals surface area contributed by atoms with Crippen LogP contribution in [0.5, 0.6) is 5.75 Å². The van der Waals surface area contributed by atoms with E-state index in [2.05, 4.69) is 4.98 Å². The van der Waals surface area contributed by atoms with Crippen LogP contribution in [0.2, 0.25) is 0 Å². The number of aryl methyl sites for hydroxylation is 1. The minimum atomic E-state index is -0.451. The van der Waals surface area contributed by atoms with Crippen LogP contribution >= 0.6 is 0 Å². The van der Waals surface area contributed by atoms with Crippen LogP contribution in [0, 0.1) is 6.92 Å². The average Bonchev–Trinajstić information content (AvgIpc) is 2.69. The van der Waals surface area contributed by atoms with Gasteiger partial charge in [0, 0.05) is 0 Å². The number of ether oxygens (including phenoxy) is 1. The second kappa shape index (κ2) is 6.88. The van der Waals surface area contributed by atoms with Gasteiger partial charge in [-0.2, -0.15) is 0 Å². The Kier molecular flexibility index (Phi) is 4.26. The number of aromatic nitrogens is 2. The summed E-state index contributed by atoms with van der Waals surface area (Å²) < 4.78 is 6.87. The highest BCUT2D eigenvalue weighted by Gasteiger charge is 2.12. The first-order valence-electron chi connectivity index (χ1n) is 8.49. The third kappa shape index (κ3) is 3.22. The fourth-order valence-corrected chi connectivity index (χ4v) is 2.95. The largest absolute Gasteiger partial charge is 0.423 e. The number of para-hydroxylation sites is 2. The molecule has 0 aliphatic heterocycles. The lowest BCUT2D eigenvalue weighted by molar-refractivity contribution is 0.0735. The van der Waals surface area contributed by atoms with Crippen LogP contribution in [-0.2, 0) is 0 Å². The van der Waals surface area contributed by atoms with Crippen molar-refractivity contribution in [3.05, 3.63) is 101 Å². The maximum atomic E-state index is 12.8. The lowest BCUT2D eigenvalue weighted by Crippen LogP contribution is -2.22. The minimum Gasteiger partial charge on any atom is -0.423 e. The molecule has 1 heterocycles. The van der Waals surface area contributed by atoms with Crippen molar-refractivity contribution in [2.24, 2.45) is 0 Å². The monoisotopic (exact) mass is 356 g/mol. The van der Waals surface area contributed by atoms with Crippen LogP contribution in [0.15, 0.2) is 83.7 Å². The second-order valence-corrected chi connectivity index (χ2v) is 6.07. The Morgan fingerprint density at radius 3 is 2.30 bits per heavy atom. The van der Waals surface area contributed by atoms with Gasteiger partial charge in [0.2, 0.25) is 0 Å². The highest BCUT2D eigenvalue weighted by molar-refractivity contribution is 5.91. The Balaban J connectivity index is 1.68. The number of nitrogens with zero attached hydrogens (tertiary/aromatic N) is 2. The minimum absolute atomic E-state index is 0.141. The molecule has 4 rings (SSSR count). The van der Waals surface area contributed by atoms with Gasteiger partial charge in [-0.15, -0.1) is 0 Å². The van der Waals surface area contributed by atoms with E-state index >= 15 is 0 Å². The smallest absolute Gasteiger partial charge is 0.343 e. The maximum Gasteiger partial charge on any atom is 0.343 e. The first-order chi connectivity index (χ1) is 13.1. The van der Waals surface area contributed by atoms with E-state index in [1.807, 2.05) is 24.3 Å². The Labute approximate surface area is 155 Å². The van der Waals surface area contributed by atoms with E-state index in [1.165, 1.54) is 4.57 Å². The Bertz CT molecular complexity index is 1180. The molecule has 3 aromatic carbocycles. The number of hydrogen-bond donors (Lipinski definition) is 0. The number of carbonyl (C=O) groups excluding carboxylic acids is 1. The van der Waals surface area contributed by atoms with E-state index in [9.17, 15) is 9.59 Å². The van der Waals surface area contributed by atoms with E-state index in [0.29, 0.717) is 33.7 Å². The van der Waals surface area contributed by atoms with Gasteiger partial charge in [0.1, 0.15) is 11.6 Å². The van der Waals surface area contributed by atoms with Crippen molar-refractivity contribution in [1.82, 2.24) is 9.55 Å². The van der Waals surface area contributed by atoms with Crippen LogP contribution in [0.3, 0.4) is 0 Å². The molecule has 0 aliphatic rings. The lowest BCUT2D eigenvalue weighted by atomic mass is 10.2. The van der Waals surface area contributed by atoms with Gasteiger partial charge in [-0.05, 0) is 55.5 Å². The molecule has 4 aromatic rings. The first-order valence-corrected chi connectivity index (χ1v) is 8.49. The fraction of sp³-hybridized carbons (Fsp3) is 0.0455. The molecule has 0 fully saturated rings. The van der Waals surface area contributed by atoms with Crippen molar-refractivity contribution in [2.45, 2.75) is 6.92 Å². The molecule has 0 atom stereocenters. The standard InChI is InChI=1S/C22H16N2O3/c1-15-23-20-10-6-5-9-19(20)21(25)24(15)17-13-11-16(12-14-17)22(26)27-18-7-3-2-4-8-18/h2-14H,1H3. The molecule has 1 aromatic heterocycles. The first kappa shape index (κ1) is 16.7. The van der Waals surface area contributed by atoms with Gasteiger partial charge in [-0.25, -0.2) is 9.78 Å². The van der Waals surface area contributed by atoms with Crippen molar-refractivity contribution >= 4 is 16.9 Å². The van der Waals surface area contributed by atoms with Gasteiger partial charge in [-0.3, -0.25) is 9.36 Å². The van der Waals surface area contributed by atoms with Crippen LogP contribution in [0.1, 0.15) is 16.2 Å². The molecule has 5 heteroatoms. The summed E-state index contributed by atoms with van der Waals surface area (Å²) in [6.45, 7) is 1.78. The summed E-state index contributed by atoms with van der Waals surface area (Å²) in [7, 11) is 0. The molecule has 0 radical (unpaired) electrons. The van der Waals surface area contributed by atoms with Gasteiger partial charge >= 0.3 is 5.97 Å². The van der Waals surface area contributed by atoms with Crippen LogP contribution < -0.4 is 10.3 Å². The van der Waals surface area contributed by atoms with E-state index in [-0.39, 0.29) is 5.56 Å². The molecule has 0 bridgehead atoms. The molecule has 0 saturated heterocycles. The SMILES string of the molecule is Cc1nc2ccccc2c(=O)n1-c1ccc(C(=O)Oc2ccccc2)cc1. The zero-order valence-corrected chi connectivity index (χ0v) is 14.6. The van der Waals surface area contributed by atoms with Crippen LogP contribution in [0.4, 0.5) is 0 Å². The van der Waals surface area contributed by atoms with Gasteiger partial charge in [0.15, 0.2) is 0 Å². The van der Waals surface area contributed by atoms with Crippen LogP contribution in [0.25, 0.3) is 16.6 Å². The summed E-state index contributed by atoms with van der Waals surface area (Å²) in [6, 6.07) is 22.8. The predicted molar refractivity (Wildman–Crippen MR) is 103 cm³/mol. The summed E-state index contributed by atoms with van der Waals surface area (Å²) >= 11 is 0. The third-order valence-corrected chi connectivity index (χ3v) is 4.26. The molecular formula is C22H16N2O3. The highest BCUT2D eigenvalue weighted by Crippen LogP contribution is 2.15. The molecule has 27 heavy (non-hydrogen) atoms. The zero-order chi connectivity index (χ0) is 18.8. The molecule has 0 spiro atoms. The number of fused-ring (bicyclic) bond motifs is 1. The van der Waals surface area contributed by atoms with Gasteiger partial charge in [-0.1, -0.05) is 30.3 Å². The predicted octanol–water partition coefficient (Wildman–Crippen LogP) is 3.91. The topological polar surface area (TPSA) is 61.2 Å². The molecule has 0 N–H and O–H groups in total. The highest BCUT2D eigenvalue weighted by atomic mass is 16.5. The van der Waals surface area contributed by atoms with Crippen molar-refractivity contribution in [2.75, 3.05) is 0 Å². The number of carbonyl (C=O) groups is 1. The lowest BCUT2D eigenvalue weighted by Gasteiger charge is -2.11. The zero-order valence-electron chi connectivity index (χ0n) is 14.6. The van der Waals surface area contributed by atoms with Crippen molar-refractivity contribution < 1.29 is 9.53 Å². The molecule has 0 aliphatic carbocycles. The van der Waals surface area contributed by atoms with Gasteiger partial charge < -0.3 is 4.74 Å². The van der Waals surface area contributed by atoms with Gasteiger partial charge in [0.25, 0.3) is 5.56 Å². The number of benzene rings is 3. The number of rotatable bonds is 3. The molecule has 0 unspecified atom stereocenters. The molecule has 0 amide bonds. The average molecular weight is 356 g/mol. The van der Waals surface area contributed by atoms with Crippen molar-refractivity contribution in [3.63, 3.8) is 0 Å². The Hall–Kier alpha value is -3.73. The fourth-order valence-electron chi connectivity index (χ4n) is 2.95. The normalized spacial score (nSPS) is 10.7. The Morgan fingerprint density at radius 1 is 0.889 bits per heavy atom. The summed E-state index contributed by atoms with van der Waals surface area (Å²) in [5.41, 5.74) is 1.58. The van der Waals surface area contributed by atoms with Crippen molar-refractivity contribution in [1.29, 1.82) is 0 Å². The molecule has 132 valence electrons. The van der Waals surface area contributed by atoms with Crippen molar-refractivity contribution in [3.8, 4) is 11.4 Å². The second-order valence-electron chi connectivity index (χ2n) is 6.07. The summed E-state index contributed by atoms with van der Waals surface area (Å²) in [5.74, 6) is 0.615. The molecule has 0 saturated carbocycles. The molecule has 5 nitrogen and oxygen atoms in total. The van der Waals surface area contributed by atoms with E-state index in [0.717, 1.165) is 0 Å². The molecular weight excluding hydrogens is 340 g/mol. The number of esters is 1. The van der Waals surface area contributed by atoms with Gasteiger partial charge in [0.05, 0.1) is 22.2 Å². The van der Waals surface area contributed by atoms with E-state index < -0.39 is 5.97 Å². The summed E-state index contributed by atoms with van der Waals surface area (Å²) in [5, 5.41) is 0.552. The number of hydrogen-bond acceptors (Lipinski definition) is 4. The summed E-state index contributed by atoms with van der Waals surface area (Å²) in [4.78, 5) is 29.6.